The lowest BCUT2D eigenvalue weighted by Gasteiger charge is -2.35. The first kappa shape index (κ1) is 37.0. The van der Waals surface area contributed by atoms with Gasteiger partial charge in [-0.1, -0.05) is 207 Å². The van der Waals surface area contributed by atoms with Gasteiger partial charge >= 0.3 is 0 Å². The van der Waals surface area contributed by atoms with E-state index >= 15 is 0 Å². The van der Waals surface area contributed by atoms with E-state index < -0.39 is 0 Å². The van der Waals surface area contributed by atoms with Gasteiger partial charge in [0.1, 0.15) is 0 Å². The summed E-state index contributed by atoms with van der Waals surface area (Å²) in [7, 11) is 0. The van der Waals surface area contributed by atoms with E-state index in [0.29, 0.717) is 5.41 Å². The van der Waals surface area contributed by atoms with Gasteiger partial charge in [-0.25, -0.2) is 0 Å². The summed E-state index contributed by atoms with van der Waals surface area (Å²) in [5.41, 5.74) is 0.679. The third kappa shape index (κ3) is 26.0. The van der Waals surface area contributed by atoms with Gasteiger partial charge in [0.25, 0.3) is 0 Å². The quantitative estimate of drug-likeness (QED) is 0.0773. The van der Waals surface area contributed by atoms with Crippen LogP contribution in [-0.2, 0) is 0 Å². The third-order valence-electron chi connectivity index (χ3n) is 9.21. The summed E-state index contributed by atoms with van der Waals surface area (Å²) in [6.45, 7) is 9.43. The Morgan fingerprint density at radius 3 is 0.649 bits per heavy atom. The molecule has 0 heterocycles. The molecule has 0 heteroatoms. The van der Waals surface area contributed by atoms with Crippen molar-refractivity contribution in [2.45, 2.75) is 233 Å². The topological polar surface area (TPSA) is 0 Å². The highest BCUT2D eigenvalue weighted by atomic mass is 14.3. The van der Waals surface area contributed by atoms with Crippen molar-refractivity contribution in [1.82, 2.24) is 0 Å². The van der Waals surface area contributed by atoms with Gasteiger partial charge in [-0.2, -0.15) is 0 Å². The first-order valence-corrected chi connectivity index (χ1v) is 18.2. The largest absolute Gasteiger partial charge is 0.0654 e. The number of hydrogen-bond acceptors (Lipinski definition) is 0. The van der Waals surface area contributed by atoms with Gasteiger partial charge in [-0.3, -0.25) is 0 Å². The van der Waals surface area contributed by atoms with E-state index in [2.05, 4.69) is 27.7 Å². The maximum absolute atomic E-state index is 2.46. The lowest BCUT2D eigenvalue weighted by molar-refractivity contribution is 0.176. The van der Waals surface area contributed by atoms with Crippen LogP contribution in [0, 0.1) is 5.41 Å². The van der Waals surface area contributed by atoms with Crippen LogP contribution in [0.1, 0.15) is 233 Å². The second-order valence-corrected chi connectivity index (χ2v) is 13.0. The van der Waals surface area contributed by atoms with Crippen molar-refractivity contribution in [2.24, 2.45) is 5.41 Å². The fourth-order valence-corrected chi connectivity index (χ4v) is 6.71. The number of unbranched alkanes of at least 4 members (excludes halogenated alkanes) is 24. The Balaban J connectivity index is 4.33. The predicted molar refractivity (Wildman–Crippen MR) is 173 cm³/mol. The zero-order chi connectivity index (χ0) is 27.1. The summed E-state index contributed by atoms with van der Waals surface area (Å²) < 4.78 is 0. The average Bonchev–Trinajstić information content (AvgIpc) is 2.90. The van der Waals surface area contributed by atoms with Crippen LogP contribution >= 0.6 is 0 Å². The van der Waals surface area contributed by atoms with Crippen LogP contribution in [-0.4, -0.2) is 0 Å². The zero-order valence-electron chi connectivity index (χ0n) is 27.1. The summed E-state index contributed by atoms with van der Waals surface area (Å²) in [5.74, 6) is 0. The van der Waals surface area contributed by atoms with Gasteiger partial charge in [0.15, 0.2) is 0 Å². The molecule has 0 bridgehead atoms. The SMILES string of the molecule is CCCCCCCCCCCCCC(CCC)(CCCCCCCCCC)CCCCCCCCCC. The van der Waals surface area contributed by atoms with Crippen molar-refractivity contribution in [2.75, 3.05) is 0 Å². The van der Waals surface area contributed by atoms with Crippen molar-refractivity contribution >= 4 is 0 Å². The van der Waals surface area contributed by atoms with Gasteiger partial charge in [0.05, 0.1) is 0 Å². The second-order valence-electron chi connectivity index (χ2n) is 13.0. The van der Waals surface area contributed by atoms with Gasteiger partial charge in [0, 0.05) is 0 Å². The van der Waals surface area contributed by atoms with E-state index in [1.807, 2.05) is 0 Å². The fraction of sp³-hybridized carbons (Fsp3) is 1.00. The first-order chi connectivity index (χ1) is 18.2. The Morgan fingerprint density at radius 2 is 0.432 bits per heavy atom. The molecule has 0 aromatic heterocycles. The van der Waals surface area contributed by atoms with Crippen molar-refractivity contribution in [3.63, 3.8) is 0 Å². The summed E-state index contributed by atoms with van der Waals surface area (Å²) in [6, 6.07) is 0. The summed E-state index contributed by atoms with van der Waals surface area (Å²) >= 11 is 0. The summed E-state index contributed by atoms with van der Waals surface area (Å²) in [4.78, 5) is 0. The van der Waals surface area contributed by atoms with Crippen molar-refractivity contribution in [1.29, 1.82) is 0 Å². The van der Waals surface area contributed by atoms with Crippen molar-refractivity contribution < 1.29 is 0 Å². The highest BCUT2D eigenvalue weighted by molar-refractivity contribution is 4.79. The van der Waals surface area contributed by atoms with Gasteiger partial charge in [0.2, 0.25) is 0 Å². The molecule has 0 rings (SSSR count). The Bertz CT molecular complexity index is 377. The summed E-state index contributed by atoms with van der Waals surface area (Å²) in [6.07, 6.45) is 47.1. The fourth-order valence-electron chi connectivity index (χ4n) is 6.71. The molecule has 0 saturated carbocycles. The molecule has 0 amide bonds. The molecule has 0 aliphatic carbocycles. The van der Waals surface area contributed by atoms with E-state index in [4.69, 9.17) is 0 Å². The van der Waals surface area contributed by atoms with E-state index in [1.54, 1.807) is 0 Å². The van der Waals surface area contributed by atoms with Crippen LogP contribution in [0.4, 0.5) is 0 Å². The minimum Gasteiger partial charge on any atom is -0.0654 e. The molecule has 0 nitrogen and oxygen atoms in total. The van der Waals surface area contributed by atoms with Crippen LogP contribution < -0.4 is 0 Å². The van der Waals surface area contributed by atoms with Crippen molar-refractivity contribution in [3.05, 3.63) is 0 Å². The first-order valence-electron chi connectivity index (χ1n) is 18.2. The molecule has 0 aromatic carbocycles. The van der Waals surface area contributed by atoms with Crippen LogP contribution in [0.3, 0.4) is 0 Å². The standard InChI is InChI=1S/C37H76/c1-5-9-12-15-18-21-22-23-26-29-32-36-37(33-8-4,34-30-27-24-19-16-13-10-6-2)35-31-28-25-20-17-14-11-7-3/h5-36H2,1-4H3. The highest BCUT2D eigenvalue weighted by Gasteiger charge is 2.27. The molecule has 0 fully saturated rings. The molecule has 0 aromatic rings. The Labute approximate surface area is 238 Å². The van der Waals surface area contributed by atoms with E-state index in [-0.39, 0.29) is 0 Å². The lowest BCUT2D eigenvalue weighted by Crippen LogP contribution is -2.21. The molecular formula is C37H76. The minimum atomic E-state index is 0.679. The zero-order valence-corrected chi connectivity index (χ0v) is 27.1. The molecule has 0 aliphatic heterocycles. The predicted octanol–water partition coefficient (Wildman–Crippen LogP) is 14.5. The van der Waals surface area contributed by atoms with Gasteiger partial charge < -0.3 is 0 Å². The van der Waals surface area contributed by atoms with Crippen LogP contribution in [0.5, 0.6) is 0 Å². The number of rotatable bonds is 32. The molecule has 0 atom stereocenters. The Kier molecular flexibility index (Phi) is 30.5. The Hall–Kier alpha value is 0. The maximum atomic E-state index is 2.46. The number of hydrogen-bond donors (Lipinski definition) is 0. The molecule has 0 unspecified atom stereocenters. The highest BCUT2D eigenvalue weighted by Crippen LogP contribution is 2.41. The van der Waals surface area contributed by atoms with Gasteiger partial charge in [-0.15, -0.1) is 0 Å². The third-order valence-corrected chi connectivity index (χ3v) is 9.21. The molecule has 0 saturated heterocycles. The molecule has 0 spiro atoms. The smallest absolute Gasteiger partial charge is 0.0298 e. The Morgan fingerprint density at radius 1 is 0.216 bits per heavy atom. The minimum absolute atomic E-state index is 0.679. The second kappa shape index (κ2) is 30.5. The molecule has 224 valence electrons. The summed E-state index contributed by atoms with van der Waals surface area (Å²) in [5, 5.41) is 0. The van der Waals surface area contributed by atoms with E-state index in [0.717, 1.165) is 0 Å². The van der Waals surface area contributed by atoms with Crippen molar-refractivity contribution in [3.8, 4) is 0 Å². The van der Waals surface area contributed by atoms with Gasteiger partial charge in [-0.05, 0) is 31.1 Å². The molecule has 0 N–H and O–H groups in total. The molecule has 0 radical (unpaired) electrons. The maximum Gasteiger partial charge on any atom is -0.0298 e. The monoisotopic (exact) mass is 521 g/mol. The van der Waals surface area contributed by atoms with E-state index in [9.17, 15) is 0 Å². The van der Waals surface area contributed by atoms with E-state index in [1.165, 1.54) is 205 Å². The van der Waals surface area contributed by atoms with Crippen LogP contribution in [0.25, 0.3) is 0 Å². The van der Waals surface area contributed by atoms with Crippen LogP contribution in [0.2, 0.25) is 0 Å². The normalized spacial score (nSPS) is 12.0. The molecular weight excluding hydrogens is 444 g/mol. The molecule has 37 heavy (non-hydrogen) atoms. The average molecular weight is 521 g/mol. The lowest BCUT2D eigenvalue weighted by atomic mass is 9.71. The van der Waals surface area contributed by atoms with Crippen LogP contribution in [0.15, 0.2) is 0 Å². The molecule has 0 aliphatic rings.